The molecule has 0 aliphatic heterocycles. The number of fused-ring (bicyclic) bond motifs is 1. The number of Topliss-reactive ketones (excluding diaryl/α,β-unsaturated/α-hetero) is 1. The molecule has 3 aromatic rings. The topological polar surface area (TPSA) is 74.8 Å². The molecule has 0 radical (unpaired) electrons. The van der Waals surface area contributed by atoms with Crippen LogP contribution in [0.25, 0.3) is 22.2 Å². The second-order valence-corrected chi connectivity index (χ2v) is 6.90. The molecule has 1 aliphatic rings. The smallest absolute Gasteiger partial charge is 0.333 e. The predicted molar refractivity (Wildman–Crippen MR) is 93.4 cm³/mol. The van der Waals surface area contributed by atoms with Crippen LogP contribution in [0.3, 0.4) is 0 Å². The van der Waals surface area contributed by atoms with Crippen LogP contribution in [0.5, 0.6) is 5.88 Å². The van der Waals surface area contributed by atoms with Gasteiger partial charge in [-0.3, -0.25) is 9.48 Å². The van der Waals surface area contributed by atoms with E-state index in [0.717, 1.165) is 11.8 Å². The van der Waals surface area contributed by atoms with Crippen LogP contribution in [-0.4, -0.2) is 36.4 Å². The first-order valence-electron chi connectivity index (χ1n) is 8.76. The number of carbonyl (C=O) groups is 1. The van der Waals surface area contributed by atoms with Crippen LogP contribution in [-0.2, 0) is 11.8 Å². The number of ether oxygens (including phenoxy) is 1. The van der Waals surface area contributed by atoms with Crippen LogP contribution in [0, 0.1) is 5.92 Å². The number of pyridine rings is 1. The molecule has 142 valence electrons. The van der Waals surface area contributed by atoms with Crippen molar-refractivity contribution in [3.63, 3.8) is 0 Å². The minimum atomic E-state index is -2.71. The van der Waals surface area contributed by atoms with Crippen LogP contribution >= 0.6 is 0 Å². The zero-order chi connectivity index (χ0) is 19.1. The maximum atomic E-state index is 12.8. The lowest BCUT2D eigenvalue weighted by Crippen LogP contribution is -2.22. The molecule has 1 aliphatic carbocycles. The molecule has 4 rings (SSSR count). The van der Waals surface area contributed by atoms with E-state index in [2.05, 4.69) is 15.2 Å². The summed E-state index contributed by atoms with van der Waals surface area (Å²) < 4.78 is 34.0. The van der Waals surface area contributed by atoms with E-state index in [-0.39, 0.29) is 17.8 Å². The molecule has 3 aromatic heterocycles. The van der Waals surface area contributed by atoms with Crippen molar-refractivity contribution < 1.29 is 18.3 Å². The molecular formula is C18H19F2N5O2. The SMILES string of the molecule is C[C@@H](Oc1nc(-c2cnn(C(F)F)c2)cc2nn(C)cc12)[C@H]1CCC(=O)C1. The van der Waals surface area contributed by atoms with Crippen molar-refractivity contribution in [1.82, 2.24) is 24.5 Å². The second-order valence-electron chi connectivity index (χ2n) is 6.90. The molecule has 1 saturated carbocycles. The fraction of sp³-hybridized carbons (Fsp3) is 0.444. The average Bonchev–Trinajstić information content (AvgIpc) is 3.32. The molecule has 0 saturated heterocycles. The Balaban J connectivity index is 1.70. The standard InChI is InChI=1S/C18H19F2N5O2/c1-10(11-3-4-13(26)5-11)27-17-14-9-24(2)23-16(14)6-15(22-17)12-7-21-25(8-12)18(19)20/h6-11,18H,3-5H2,1-2H3/t10-,11+/m1/s1. The number of aryl methyl sites for hydroxylation is 1. The summed E-state index contributed by atoms with van der Waals surface area (Å²) in [7, 11) is 1.79. The molecule has 0 amide bonds. The Morgan fingerprint density at radius 2 is 2.15 bits per heavy atom. The Kier molecular flexibility index (Phi) is 4.37. The molecular weight excluding hydrogens is 356 g/mol. The van der Waals surface area contributed by atoms with Gasteiger partial charge >= 0.3 is 6.55 Å². The van der Waals surface area contributed by atoms with Crippen molar-refractivity contribution in [3.8, 4) is 17.1 Å². The molecule has 0 unspecified atom stereocenters. The van der Waals surface area contributed by atoms with Gasteiger partial charge in [0.25, 0.3) is 0 Å². The van der Waals surface area contributed by atoms with Crippen molar-refractivity contribution in [2.45, 2.75) is 38.8 Å². The Hall–Kier alpha value is -2.84. The van der Waals surface area contributed by atoms with E-state index in [1.54, 1.807) is 24.0 Å². The molecule has 0 bridgehead atoms. The van der Waals surface area contributed by atoms with E-state index in [1.165, 1.54) is 12.4 Å². The zero-order valence-corrected chi connectivity index (χ0v) is 15.0. The summed E-state index contributed by atoms with van der Waals surface area (Å²) in [5, 5.41) is 8.78. The van der Waals surface area contributed by atoms with Crippen LogP contribution in [0.4, 0.5) is 8.78 Å². The number of carbonyl (C=O) groups excluding carboxylic acids is 1. The summed E-state index contributed by atoms with van der Waals surface area (Å²) >= 11 is 0. The van der Waals surface area contributed by atoms with Crippen molar-refractivity contribution in [2.24, 2.45) is 13.0 Å². The number of rotatable bonds is 5. The summed E-state index contributed by atoms with van der Waals surface area (Å²) in [5.74, 6) is 0.784. The number of hydrogen-bond donors (Lipinski definition) is 0. The first-order chi connectivity index (χ1) is 12.9. The maximum absolute atomic E-state index is 12.8. The van der Waals surface area contributed by atoms with Crippen LogP contribution in [0.15, 0.2) is 24.7 Å². The van der Waals surface area contributed by atoms with Crippen LogP contribution in [0.1, 0.15) is 32.7 Å². The number of ketones is 1. The second kappa shape index (κ2) is 6.71. The van der Waals surface area contributed by atoms with Crippen LogP contribution in [0.2, 0.25) is 0 Å². The summed E-state index contributed by atoms with van der Waals surface area (Å²) in [6.07, 6.45) is 6.09. The predicted octanol–water partition coefficient (Wildman–Crippen LogP) is 3.36. The quantitative estimate of drug-likeness (QED) is 0.684. The summed E-state index contributed by atoms with van der Waals surface area (Å²) in [6, 6.07) is 1.72. The lowest BCUT2D eigenvalue weighted by atomic mass is 10.0. The molecule has 1 fully saturated rings. The van der Waals surface area contributed by atoms with Gasteiger partial charge in [0.2, 0.25) is 5.88 Å². The highest BCUT2D eigenvalue weighted by atomic mass is 19.3. The lowest BCUT2D eigenvalue weighted by molar-refractivity contribution is -0.117. The fourth-order valence-electron chi connectivity index (χ4n) is 3.44. The average molecular weight is 375 g/mol. The first-order valence-corrected chi connectivity index (χ1v) is 8.76. The van der Waals surface area contributed by atoms with E-state index >= 15 is 0 Å². The maximum Gasteiger partial charge on any atom is 0.333 e. The van der Waals surface area contributed by atoms with Gasteiger partial charge in [0.1, 0.15) is 11.9 Å². The fourth-order valence-corrected chi connectivity index (χ4v) is 3.44. The first kappa shape index (κ1) is 17.6. The Bertz CT molecular complexity index is 997. The highest BCUT2D eigenvalue weighted by Crippen LogP contribution is 2.32. The van der Waals surface area contributed by atoms with Crippen molar-refractivity contribution in [1.29, 1.82) is 0 Å². The molecule has 27 heavy (non-hydrogen) atoms. The minimum absolute atomic E-state index is 0.149. The molecule has 3 heterocycles. The van der Waals surface area contributed by atoms with Crippen molar-refractivity contribution in [3.05, 3.63) is 24.7 Å². The zero-order valence-electron chi connectivity index (χ0n) is 15.0. The van der Waals surface area contributed by atoms with E-state index in [1.807, 2.05) is 6.92 Å². The third-order valence-corrected chi connectivity index (χ3v) is 4.93. The number of nitrogens with zero attached hydrogens (tertiary/aromatic N) is 5. The molecule has 0 spiro atoms. The molecule has 9 heteroatoms. The summed E-state index contributed by atoms with van der Waals surface area (Å²) in [5.41, 5.74) is 1.56. The van der Waals surface area contributed by atoms with Gasteiger partial charge in [-0.15, -0.1) is 0 Å². The van der Waals surface area contributed by atoms with Crippen molar-refractivity contribution >= 4 is 16.7 Å². The number of aromatic nitrogens is 5. The molecule has 0 N–H and O–H groups in total. The summed E-state index contributed by atoms with van der Waals surface area (Å²) in [4.78, 5) is 16.1. The lowest BCUT2D eigenvalue weighted by Gasteiger charge is -2.20. The molecule has 7 nitrogen and oxygen atoms in total. The Morgan fingerprint density at radius 3 is 2.81 bits per heavy atom. The largest absolute Gasteiger partial charge is 0.474 e. The van der Waals surface area contributed by atoms with Gasteiger partial charge in [-0.1, -0.05) is 0 Å². The molecule has 2 atom stereocenters. The van der Waals surface area contributed by atoms with E-state index in [0.29, 0.717) is 40.2 Å². The van der Waals surface area contributed by atoms with Gasteiger partial charge in [0.15, 0.2) is 0 Å². The number of alkyl halides is 2. The third kappa shape index (κ3) is 3.41. The Morgan fingerprint density at radius 1 is 1.33 bits per heavy atom. The molecule has 0 aromatic carbocycles. The van der Waals surface area contributed by atoms with Gasteiger partial charge in [-0.05, 0) is 19.4 Å². The number of hydrogen-bond acceptors (Lipinski definition) is 5. The van der Waals surface area contributed by atoms with E-state index in [9.17, 15) is 13.6 Å². The van der Waals surface area contributed by atoms with Gasteiger partial charge in [0.05, 0.1) is 22.8 Å². The van der Waals surface area contributed by atoms with E-state index < -0.39 is 6.55 Å². The van der Waals surface area contributed by atoms with Gasteiger partial charge < -0.3 is 4.74 Å². The van der Waals surface area contributed by atoms with Crippen LogP contribution < -0.4 is 4.74 Å². The van der Waals surface area contributed by atoms with Gasteiger partial charge in [0, 0.05) is 43.8 Å². The normalized spacial score (nSPS) is 18.6. The highest BCUT2D eigenvalue weighted by molar-refractivity contribution is 5.86. The van der Waals surface area contributed by atoms with Crippen molar-refractivity contribution in [2.75, 3.05) is 0 Å². The Labute approximate surface area is 153 Å². The third-order valence-electron chi connectivity index (χ3n) is 4.93. The van der Waals surface area contributed by atoms with Gasteiger partial charge in [-0.2, -0.15) is 19.0 Å². The monoisotopic (exact) mass is 375 g/mol. The van der Waals surface area contributed by atoms with E-state index in [4.69, 9.17) is 4.74 Å². The number of halogens is 2. The van der Waals surface area contributed by atoms with Gasteiger partial charge in [-0.25, -0.2) is 9.67 Å². The highest BCUT2D eigenvalue weighted by Gasteiger charge is 2.29. The summed E-state index contributed by atoms with van der Waals surface area (Å²) in [6.45, 7) is -0.790. The minimum Gasteiger partial charge on any atom is -0.474 e.